The molecule has 9 aromatic carbocycles. The van der Waals surface area contributed by atoms with Gasteiger partial charge in [0.05, 0.1) is 11.0 Å². The van der Waals surface area contributed by atoms with Crippen molar-refractivity contribution >= 4 is 71.3 Å². The number of para-hydroxylation sites is 2. The van der Waals surface area contributed by atoms with Gasteiger partial charge < -0.3 is 4.42 Å². The van der Waals surface area contributed by atoms with Crippen molar-refractivity contribution in [1.29, 1.82) is 0 Å². The maximum absolute atomic E-state index is 6.23. The number of nitrogens with zero attached hydrogens (tertiary/aromatic N) is 3. The molecule has 3 heterocycles. The van der Waals surface area contributed by atoms with Gasteiger partial charge in [-0.05, 0) is 120 Å². The molecule has 0 N–H and O–H groups in total. The topological polar surface area (TPSA) is 35.4 Å². The van der Waals surface area contributed by atoms with Crippen LogP contribution in [0.5, 0.6) is 0 Å². The zero-order chi connectivity index (χ0) is 36.0. The van der Waals surface area contributed by atoms with Crippen molar-refractivity contribution in [1.82, 2.24) is 14.0 Å². The van der Waals surface area contributed by atoms with Crippen LogP contribution in [0.3, 0.4) is 0 Å². The second-order valence-electron chi connectivity index (χ2n) is 14.4. The summed E-state index contributed by atoms with van der Waals surface area (Å²) in [5.41, 5.74) is 12.8. The highest BCUT2D eigenvalue weighted by molar-refractivity contribution is 6.25. The van der Waals surface area contributed by atoms with E-state index >= 15 is 0 Å². The van der Waals surface area contributed by atoms with Crippen molar-refractivity contribution in [3.05, 3.63) is 188 Å². The SMILES string of the molecule is c1ccc(-n2c3cc(-c4cccc(-c5cccc(-c6ccc7c8ccccc8c8ccccc8c7c6)c5)c4)ccc3n3c4c(nc23)oc2ccccc24)cc1. The van der Waals surface area contributed by atoms with E-state index in [2.05, 4.69) is 179 Å². The van der Waals surface area contributed by atoms with E-state index in [0.29, 0.717) is 5.71 Å². The van der Waals surface area contributed by atoms with E-state index in [1.807, 2.05) is 18.2 Å². The van der Waals surface area contributed by atoms with E-state index in [-0.39, 0.29) is 0 Å². The Bertz CT molecular complexity index is 3460. The molecule has 0 spiro atoms. The predicted octanol–water partition coefficient (Wildman–Crippen LogP) is 13.6. The number of rotatable bonds is 4. The van der Waals surface area contributed by atoms with E-state index in [1.165, 1.54) is 54.6 Å². The molecular formula is C51H31N3O. The maximum atomic E-state index is 6.23. The second-order valence-corrected chi connectivity index (χ2v) is 14.4. The fourth-order valence-corrected chi connectivity index (χ4v) is 8.78. The molecule has 0 saturated carbocycles. The number of benzene rings is 9. The lowest BCUT2D eigenvalue weighted by Gasteiger charge is -2.13. The zero-order valence-electron chi connectivity index (χ0n) is 29.6. The largest absolute Gasteiger partial charge is 0.436 e. The lowest BCUT2D eigenvalue weighted by atomic mass is 9.91. The van der Waals surface area contributed by atoms with Crippen LogP contribution in [0.1, 0.15) is 0 Å². The number of aromatic nitrogens is 3. The van der Waals surface area contributed by atoms with E-state index in [1.54, 1.807) is 0 Å². The summed E-state index contributed by atoms with van der Waals surface area (Å²) in [5, 5.41) is 8.79. The molecule has 4 nitrogen and oxygen atoms in total. The third-order valence-corrected chi connectivity index (χ3v) is 11.3. The first-order valence-corrected chi connectivity index (χ1v) is 18.7. The molecule has 12 aromatic rings. The molecule has 3 aromatic heterocycles. The standard InChI is InChI=1S/C51H31N3O/c1-2-16-38(17-3-1)53-47-31-37(25-27-46(47)54-49-44-22-8-9-23-48(44)55-50(49)52-51(53)54)35-15-11-13-33(29-35)32-12-10-14-34(28-32)36-24-26-43-41-20-5-4-18-39(41)40-19-6-7-21-42(40)45(43)30-36/h1-31H. The first-order valence-electron chi connectivity index (χ1n) is 18.7. The van der Waals surface area contributed by atoms with E-state index in [4.69, 9.17) is 9.40 Å². The third kappa shape index (κ3) is 4.49. The van der Waals surface area contributed by atoms with Gasteiger partial charge in [-0.15, -0.1) is 0 Å². The second kappa shape index (κ2) is 11.5. The van der Waals surface area contributed by atoms with Crippen LogP contribution in [0, 0.1) is 0 Å². The third-order valence-electron chi connectivity index (χ3n) is 11.3. The van der Waals surface area contributed by atoms with Crippen molar-refractivity contribution in [2.75, 3.05) is 0 Å². The van der Waals surface area contributed by atoms with Crippen molar-refractivity contribution in [2.24, 2.45) is 0 Å². The van der Waals surface area contributed by atoms with Crippen molar-refractivity contribution in [3.63, 3.8) is 0 Å². The lowest BCUT2D eigenvalue weighted by molar-refractivity contribution is 0.656. The smallest absolute Gasteiger partial charge is 0.248 e. The summed E-state index contributed by atoms with van der Waals surface area (Å²) in [6, 6.07) is 67.7. The Morgan fingerprint density at radius 1 is 0.364 bits per heavy atom. The molecule has 0 bridgehead atoms. The Labute approximate surface area is 315 Å². The monoisotopic (exact) mass is 701 g/mol. The van der Waals surface area contributed by atoms with Gasteiger partial charge in [-0.25, -0.2) is 0 Å². The fraction of sp³-hybridized carbons (Fsp3) is 0. The van der Waals surface area contributed by atoms with Gasteiger partial charge in [0.1, 0.15) is 11.1 Å². The minimum Gasteiger partial charge on any atom is -0.436 e. The summed E-state index contributed by atoms with van der Waals surface area (Å²) in [4.78, 5) is 5.06. The van der Waals surface area contributed by atoms with Crippen LogP contribution in [0.15, 0.2) is 192 Å². The number of hydrogen-bond acceptors (Lipinski definition) is 2. The van der Waals surface area contributed by atoms with Gasteiger partial charge in [-0.2, -0.15) is 4.98 Å². The number of hydrogen-bond donors (Lipinski definition) is 0. The highest BCUT2D eigenvalue weighted by atomic mass is 16.3. The normalized spacial score (nSPS) is 12.0. The van der Waals surface area contributed by atoms with Crippen LogP contribution in [0.2, 0.25) is 0 Å². The Kier molecular flexibility index (Phi) is 6.31. The fourth-order valence-electron chi connectivity index (χ4n) is 8.78. The first-order chi connectivity index (χ1) is 27.3. The minimum absolute atomic E-state index is 0.646. The van der Waals surface area contributed by atoms with Crippen molar-refractivity contribution < 1.29 is 4.42 Å². The number of furan rings is 1. The summed E-state index contributed by atoms with van der Waals surface area (Å²) in [6.07, 6.45) is 0. The number of imidazole rings is 2. The van der Waals surface area contributed by atoms with Gasteiger partial charge >= 0.3 is 0 Å². The van der Waals surface area contributed by atoms with Crippen LogP contribution in [-0.2, 0) is 0 Å². The quantitative estimate of drug-likeness (QED) is 0.171. The van der Waals surface area contributed by atoms with E-state index in [0.717, 1.165) is 50.1 Å². The molecule has 0 aliphatic rings. The average Bonchev–Trinajstić information content (AvgIpc) is 3.90. The minimum atomic E-state index is 0.646. The van der Waals surface area contributed by atoms with E-state index in [9.17, 15) is 0 Å². The summed E-state index contributed by atoms with van der Waals surface area (Å²) in [7, 11) is 0. The maximum Gasteiger partial charge on any atom is 0.248 e. The predicted molar refractivity (Wildman–Crippen MR) is 228 cm³/mol. The molecule has 0 saturated heterocycles. The molecule has 55 heavy (non-hydrogen) atoms. The first kappa shape index (κ1) is 30.1. The van der Waals surface area contributed by atoms with Crippen LogP contribution >= 0.6 is 0 Å². The molecule has 12 rings (SSSR count). The van der Waals surface area contributed by atoms with Gasteiger partial charge in [-0.3, -0.25) is 8.97 Å². The molecule has 0 aliphatic heterocycles. The lowest BCUT2D eigenvalue weighted by Crippen LogP contribution is -1.94. The molecule has 256 valence electrons. The van der Waals surface area contributed by atoms with Crippen molar-refractivity contribution in [3.8, 4) is 39.1 Å². The van der Waals surface area contributed by atoms with Gasteiger partial charge in [0.25, 0.3) is 0 Å². The molecule has 0 aliphatic carbocycles. The molecule has 0 fully saturated rings. The van der Waals surface area contributed by atoms with Gasteiger partial charge in [0, 0.05) is 11.1 Å². The highest BCUT2D eigenvalue weighted by Gasteiger charge is 2.22. The van der Waals surface area contributed by atoms with Gasteiger partial charge in [-0.1, -0.05) is 133 Å². The van der Waals surface area contributed by atoms with Gasteiger partial charge in [0.2, 0.25) is 11.5 Å². The van der Waals surface area contributed by atoms with E-state index < -0.39 is 0 Å². The van der Waals surface area contributed by atoms with Crippen LogP contribution in [-0.4, -0.2) is 14.0 Å². The molecule has 4 heteroatoms. The molecule has 0 atom stereocenters. The van der Waals surface area contributed by atoms with Crippen molar-refractivity contribution in [2.45, 2.75) is 0 Å². The Morgan fingerprint density at radius 2 is 0.873 bits per heavy atom. The molecule has 0 amide bonds. The Hall–Kier alpha value is -7.43. The summed E-state index contributed by atoms with van der Waals surface area (Å²) < 4.78 is 10.7. The zero-order valence-corrected chi connectivity index (χ0v) is 29.6. The number of fused-ring (bicyclic) bond motifs is 13. The Morgan fingerprint density at radius 3 is 1.53 bits per heavy atom. The molecular weight excluding hydrogens is 671 g/mol. The summed E-state index contributed by atoms with van der Waals surface area (Å²) >= 11 is 0. The van der Waals surface area contributed by atoms with Crippen LogP contribution in [0.25, 0.3) is 110 Å². The van der Waals surface area contributed by atoms with Crippen LogP contribution < -0.4 is 0 Å². The molecule has 0 radical (unpaired) electrons. The summed E-state index contributed by atoms with van der Waals surface area (Å²) in [6.45, 7) is 0. The average molecular weight is 702 g/mol. The molecule has 0 unspecified atom stereocenters. The Balaban J connectivity index is 0.982. The van der Waals surface area contributed by atoms with Gasteiger partial charge in [0.15, 0.2) is 0 Å². The van der Waals surface area contributed by atoms with Crippen LogP contribution in [0.4, 0.5) is 0 Å². The highest BCUT2D eigenvalue weighted by Crippen LogP contribution is 2.39. The summed E-state index contributed by atoms with van der Waals surface area (Å²) in [5.74, 6) is 0.832.